The van der Waals surface area contributed by atoms with Crippen LogP contribution >= 0.6 is 15.6 Å². The molecule has 0 aromatic rings. The first-order valence-electron chi connectivity index (χ1n) is 11.1. The van der Waals surface area contributed by atoms with Gasteiger partial charge in [-0.1, -0.05) is 0 Å². The summed E-state index contributed by atoms with van der Waals surface area (Å²) in [4.78, 5) is 0. The van der Waals surface area contributed by atoms with E-state index in [9.17, 15) is 96.9 Å². The molecule has 0 bridgehead atoms. The maximum atomic E-state index is 14.1. The van der Waals surface area contributed by atoms with Crippen LogP contribution in [0.5, 0.6) is 0 Å². The Morgan fingerprint density at radius 2 is 0.783 bits per heavy atom. The van der Waals surface area contributed by atoms with Gasteiger partial charge in [0.25, 0.3) is 5.67 Å². The second-order valence-electron chi connectivity index (χ2n) is 8.56. The van der Waals surface area contributed by atoms with Gasteiger partial charge in [0.2, 0.25) is 5.41 Å². The number of hydrogen-bond acceptors (Lipinski definition) is 7. The van der Waals surface area contributed by atoms with E-state index in [0.717, 1.165) is 0 Å². The molecule has 0 fully saturated rings. The predicted molar refractivity (Wildman–Crippen MR) is 107 cm³/mol. The lowest BCUT2D eigenvalue weighted by atomic mass is 9.72. The van der Waals surface area contributed by atoms with E-state index in [-0.39, 0.29) is 14.2 Å². The molecule has 0 aromatic carbocycles. The van der Waals surface area contributed by atoms with E-state index in [1.54, 1.807) is 0 Å². The SMILES string of the molecule is COP(=O)(OCCCC(F)(C(F)(F)F)C(F)(F)F)OP(=O)(OC)OCCCC(C(F)(F)F)(C(F)(F)F)C(F)(F)C(F)(F)C(F)(F)F. The van der Waals surface area contributed by atoms with Gasteiger partial charge in [0.1, 0.15) is 0 Å². The lowest BCUT2D eigenvalue weighted by Gasteiger charge is -2.45. The second-order valence-corrected chi connectivity index (χ2v) is 12.2. The van der Waals surface area contributed by atoms with Crippen molar-refractivity contribution in [1.82, 2.24) is 0 Å². The van der Waals surface area contributed by atoms with Crippen LogP contribution in [0.25, 0.3) is 0 Å². The van der Waals surface area contributed by atoms with Crippen molar-refractivity contribution in [3.63, 3.8) is 0 Å². The van der Waals surface area contributed by atoms with Crippen LogP contribution in [0.1, 0.15) is 25.7 Å². The minimum atomic E-state index is -7.99. The molecule has 0 aliphatic heterocycles. The number of phosphoric ester groups is 2. The minimum Gasteiger partial charge on any atom is -0.290 e. The van der Waals surface area contributed by atoms with Gasteiger partial charge >= 0.3 is 58.4 Å². The van der Waals surface area contributed by atoms with Gasteiger partial charge < -0.3 is 0 Å². The summed E-state index contributed by atoms with van der Waals surface area (Å²) in [6.45, 7) is -3.67. The van der Waals surface area contributed by atoms with Crippen molar-refractivity contribution in [3.05, 3.63) is 0 Å². The monoisotopic (exact) mass is 776 g/mol. The van der Waals surface area contributed by atoms with E-state index < -0.39 is 108 Å². The summed E-state index contributed by atoms with van der Waals surface area (Å²) in [7, 11) is -10.9. The van der Waals surface area contributed by atoms with Crippen molar-refractivity contribution in [2.75, 3.05) is 27.4 Å². The Labute approximate surface area is 243 Å². The van der Waals surface area contributed by atoms with Crippen LogP contribution in [0.15, 0.2) is 0 Å². The highest BCUT2D eigenvalue weighted by Crippen LogP contribution is 2.68. The summed E-state index contributed by atoms with van der Waals surface area (Å²) in [6.07, 6.45) is -45.6. The standard InChI is InChI=1S/C17H18F20O7P2/c1-40-45(38,44-46(39,41-2)43-8-4-6-10(18,15(29,30)31)16(32,33)34)42-7-3-5-9(13(23,24)25,14(26,27)28)11(19,20)12(21,22)17(35,36)37/h3-8H2,1-2H3. The predicted octanol–water partition coefficient (Wildman–Crippen LogP) is 9.88. The van der Waals surface area contributed by atoms with Gasteiger partial charge in [-0.2, -0.15) is 87.7 Å². The molecule has 7 nitrogen and oxygen atoms in total. The molecule has 2 atom stereocenters. The molecule has 0 N–H and O–H groups in total. The molecule has 0 heterocycles. The summed E-state index contributed by atoms with van der Waals surface area (Å²) < 4.78 is 306. The van der Waals surface area contributed by atoms with Gasteiger partial charge in [0.15, 0.2) is 0 Å². The molecule has 0 amide bonds. The molecular formula is C17H18F20O7P2. The van der Waals surface area contributed by atoms with Crippen molar-refractivity contribution in [2.45, 2.75) is 74.1 Å². The lowest BCUT2D eigenvalue weighted by Crippen LogP contribution is -2.70. The molecular weight excluding hydrogens is 758 g/mol. The molecule has 0 spiro atoms. The molecule has 0 aromatic heterocycles. The first-order valence-corrected chi connectivity index (χ1v) is 14.0. The molecule has 0 aliphatic rings. The van der Waals surface area contributed by atoms with Crippen molar-refractivity contribution in [3.8, 4) is 0 Å². The average Bonchev–Trinajstić information content (AvgIpc) is 2.82. The normalized spacial score (nSPS) is 18.0. The van der Waals surface area contributed by atoms with Crippen molar-refractivity contribution < 1.29 is 119 Å². The Bertz CT molecular complexity index is 1070. The Kier molecular flexibility index (Phi) is 13.7. The summed E-state index contributed by atoms with van der Waals surface area (Å²) in [5.41, 5.74) is -13.0. The zero-order valence-electron chi connectivity index (χ0n) is 22.1. The number of rotatable bonds is 16. The first kappa shape index (κ1) is 44.9. The van der Waals surface area contributed by atoms with Crippen LogP contribution in [-0.2, 0) is 31.5 Å². The fourth-order valence-corrected chi connectivity index (χ4v) is 6.00. The van der Waals surface area contributed by atoms with E-state index in [1.807, 2.05) is 0 Å². The van der Waals surface area contributed by atoms with Gasteiger partial charge in [-0.05, 0) is 19.3 Å². The van der Waals surface area contributed by atoms with E-state index in [4.69, 9.17) is 0 Å². The topological polar surface area (TPSA) is 80.3 Å². The molecule has 0 radical (unpaired) electrons. The molecule has 46 heavy (non-hydrogen) atoms. The number of alkyl halides is 20. The van der Waals surface area contributed by atoms with Crippen LogP contribution in [0, 0.1) is 5.41 Å². The highest BCUT2D eigenvalue weighted by atomic mass is 31.3. The zero-order valence-corrected chi connectivity index (χ0v) is 23.8. The summed E-state index contributed by atoms with van der Waals surface area (Å²) in [5.74, 6) is -16.0. The maximum absolute atomic E-state index is 14.1. The van der Waals surface area contributed by atoms with Gasteiger partial charge in [0, 0.05) is 20.6 Å². The molecule has 0 saturated carbocycles. The Balaban J connectivity index is 5.98. The van der Waals surface area contributed by atoms with E-state index in [2.05, 4.69) is 22.4 Å². The minimum absolute atomic E-state index is 0.221. The van der Waals surface area contributed by atoms with Gasteiger partial charge in [-0.3, -0.25) is 18.1 Å². The summed E-state index contributed by atoms with van der Waals surface area (Å²) in [5, 5.41) is 0. The number of hydrogen-bond donors (Lipinski definition) is 0. The summed E-state index contributed by atoms with van der Waals surface area (Å²) in [6, 6.07) is 0. The fraction of sp³-hybridized carbons (Fsp3) is 1.00. The van der Waals surface area contributed by atoms with Crippen LogP contribution in [0.4, 0.5) is 87.8 Å². The van der Waals surface area contributed by atoms with Gasteiger partial charge in [0.05, 0.1) is 13.2 Å². The van der Waals surface area contributed by atoms with Crippen LogP contribution < -0.4 is 0 Å². The van der Waals surface area contributed by atoms with Crippen LogP contribution in [0.2, 0.25) is 0 Å². The Morgan fingerprint density at radius 1 is 0.457 bits per heavy atom. The third-order valence-corrected chi connectivity index (χ3v) is 9.15. The smallest absolute Gasteiger partial charge is 0.290 e. The molecule has 0 saturated heterocycles. The van der Waals surface area contributed by atoms with Crippen LogP contribution in [-0.4, -0.2) is 75.8 Å². The molecule has 0 aliphatic carbocycles. The highest BCUT2D eigenvalue weighted by Gasteiger charge is 2.91. The van der Waals surface area contributed by atoms with Gasteiger partial charge in [-0.25, -0.2) is 13.5 Å². The molecule has 2 unspecified atom stereocenters. The third kappa shape index (κ3) is 8.90. The fourth-order valence-electron chi connectivity index (χ4n) is 3.19. The van der Waals surface area contributed by atoms with Crippen LogP contribution in [0.3, 0.4) is 0 Å². The highest BCUT2D eigenvalue weighted by molar-refractivity contribution is 7.62. The lowest BCUT2D eigenvalue weighted by molar-refractivity contribution is -0.461. The average molecular weight is 776 g/mol. The van der Waals surface area contributed by atoms with Gasteiger partial charge in [-0.15, -0.1) is 0 Å². The number of halogens is 20. The molecule has 278 valence electrons. The largest absolute Gasteiger partial charge is 0.483 e. The maximum Gasteiger partial charge on any atom is 0.483 e. The third-order valence-electron chi connectivity index (χ3n) is 5.66. The Hall–Kier alpha value is -1.14. The molecule has 29 heteroatoms. The van der Waals surface area contributed by atoms with Crippen molar-refractivity contribution >= 4 is 15.6 Å². The van der Waals surface area contributed by atoms with Crippen molar-refractivity contribution in [2.24, 2.45) is 5.41 Å². The Morgan fingerprint density at radius 3 is 1.04 bits per heavy atom. The molecule has 0 rings (SSSR count). The summed E-state index contributed by atoms with van der Waals surface area (Å²) >= 11 is 0. The first-order chi connectivity index (χ1) is 20.0. The van der Waals surface area contributed by atoms with E-state index in [0.29, 0.717) is 0 Å². The quantitative estimate of drug-likeness (QED) is 0.0878. The van der Waals surface area contributed by atoms with E-state index >= 15 is 0 Å². The number of phosphoric acid groups is 2. The second kappa shape index (κ2) is 14.0. The van der Waals surface area contributed by atoms with E-state index in [1.165, 1.54) is 0 Å². The van der Waals surface area contributed by atoms with Crippen molar-refractivity contribution in [1.29, 1.82) is 0 Å². The zero-order chi connectivity index (χ0) is 37.3.